The molecule has 4 nitrogen and oxygen atoms in total. The van der Waals surface area contributed by atoms with Crippen molar-refractivity contribution in [1.82, 2.24) is 9.80 Å². The van der Waals surface area contributed by atoms with E-state index in [1.165, 1.54) is 17.0 Å². The molecule has 1 aliphatic rings. The number of halogens is 1. The van der Waals surface area contributed by atoms with Gasteiger partial charge in [-0.2, -0.15) is 0 Å². The average molecular weight is 465 g/mol. The molecule has 1 aliphatic heterocycles. The molecule has 1 atom stereocenters. The quantitative estimate of drug-likeness (QED) is 0.458. The number of benzene rings is 2. The van der Waals surface area contributed by atoms with Crippen LogP contribution < -0.4 is 0 Å². The highest BCUT2D eigenvalue weighted by molar-refractivity contribution is 7.10. The van der Waals surface area contributed by atoms with E-state index in [4.69, 9.17) is 0 Å². The fourth-order valence-corrected chi connectivity index (χ4v) is 5.33. The Morgan fingerprint density at radius 1 is 1.06 bits per heavy atom. The van der Waals surface area contributed by atoms with E-state index in [-0.39, 0.29) is 42.6 Å². The molecule has 0 bridgehead atoms. The van der Waals surface area contributed by atoms with Crippen molar-refractivity contribution in [2.45, 2.75) is 51.7 Å². The first-order valence-electron chi connectivity index (χ1n) is 11.4. The van der Waals surface area contributed by atoms with Gasteiger partial charge >= 0.3 is 0 Å². The van der Waals surface area contributed by atoms with Crippen molar-refractivity contribution >= 4 is 23.2 Å². The summed E-state index contributed by atoms with van der Waals surface area (Å²) in [4.78, 5) is 31.3. The second-order valence-corrected chi connectivity index (χ2v) is 9.69. The monoisotopic (exact) mass is 464 g/mol. The predicted molar refractivity (Wildman–Crippen MR) is 129 cm³/mol. The molecule has 2 heterocycles. The van der Waals surface area contributed by atoms with Crippen molar-refractivity contribution in [3.05, 3.63) is 93.4 Å². The van der Waals surface area contributed by atoms with Crippen LogP contribution in [0, 0.1) is 5.82 Å². The smallest absolute Gasteiger partial charge is 0.223 e. The molecule has 2 aromatic carbocycles. The Morgan fingerprint density at radius 3 is 2.48 bits per heavy atom. The van der Waals surface area contributed by atoms with E-state index in [0.29, 0.717) is 13.1 Å². The minimum atomic E-state index is -0.296. The van der Waals surface area contributed by atoms with Crippen LogP contribution in [0.25, 0.3) is 0 Å². The molecular weight excluding hydrogens is 435 g/mol. The Bertz CT molecular complexity index is 1090. The Balaban J connectivity index is 1.47. The second kappa shape index (κ2) is 10.3. The minimum Gasteiger partial charge on any atom is -0.336 e. The molecule has 0 aliphatic carbocycles. The molecule has 1 aromatic heterocycles. The number of hydrogen-bond donors (Lipinski definition) is 0. The number of rotatable bonds is 7. The number of nitrogens with zero attached hydrogens (tertiary/aromatic N) is 2. The maximum absolute atomic E-state index is 13.5. The van der Waals surface area contributed by atoms with Crippen LogP contribution in [0.3, 0.4) is 0 Å². The lowest BCUT2D eigenvalue weighted by atomic mass is 9.93. The number of amides is 2. The molecular formula is C27H29FN2O2S. The zero-order valence-electron chi connectivity index (χ0n) is 19.0. The average Bonchev–Trinajstić information content (AvgIpc) is 3.30. The standard InChI is InChI=1S/C27H29FN2O2S/c1-19(2)30(18-20-6-4-3-5-7-20)26(32)13-12-25(31)29-16-14-24-23(15-17-33-24)27(29)21-8-10-22(28)11-9-21/h3-11,15,17,19,27H,12-14,16,18H2,1-2H3. The van der Waals surface area contributed by atoms with E-state index >= 15 is 0 Å². The summed E-state index contributed by atoms with van der Waals surface area (Å²) in [6.45, 7) is 5.12. The number of thiophene rings is 1. The van der Waals surface area contributed by atoms with Crippen molar-refractivity contribution in [2.75, 3.05) is 6.54 Å². The molecule has 0 saturated carbocycles. The predicted octanol–water partition coefficient (Wildman–Crippen LogP) is 5.58. The van der Waals surface area contributed by atoms with Gasteiger partial charge in [-0.1, -0.05) is 42.5 Å². The van der Waals surface area contributed by atoms with Crippen molar-refractivity contribution < 1.29 is 14.0 Å². The number of fused-ring (bicyclic) bond motifs is 1. The van der Waals surface area contributed by atoms with Crippen molar-refractivity contribution in [3.8, 4) is 0 Å². The number of hydrogen-bond acceptors (Lipinski definition) is 3. The Kier molecular flexibility index (Phi) is 7.23. The molecule has 0 fully saturated rings. The molecule has 4 rings (SSSR count). The van der Waals surface area contributed by atoms with Crippen LogP contribution in [-0.4, -0.2) is 34.2 Å². The third kappa shape index (κ3) is 5.33. The highest BCUT2D eigenvalue weighted by Gasteiger charge is 2.33. The summed E-state index contributed by atoms with van der Waals surface area (Å²) >= 11 is 1.69. The van der Waals surface area contributed by atoms with Gasteiger partial charge in [0.15, 0.2) is 0 Å². The summed E-state index contributed by atoms with van der Waals surface area (Å²) in [6.07, 6.45) is 1.14. The first kappa shape index (κ1) is 23.2. The first-order valence-corrected chi connectivity index (χ1v) is 12.3. The van der Waals surface area contributed by atoms with Crippen molar-refractivity contribution in [2.24, 2.45) is 0 Å². The molecule has 0 radical (unpaired) electrons. The van der Waals surface area contributed by atoms with Crippen LogP contribution in [-0.2, 0) is 22.6 Å². The zero-order chi connectivity index (χ0) is 23.4. The van der Waals surface area contributed by atoms with Crippen LogP contribution in [0.5, 0.6) is 0 Å². The van der Waals surface area contributed by atoms with Crippen LogP contribution in [0.1, 0.15) is 54.3 Å². The van der Waals surface area contributed by atoms with E-state index in [9.17, 15) is 14.0 Å². The highest BCUT2D eigenvalue weighted by Crippen LogP contribution is 2.38. The zero-order valence-corrected chi connectivity index (χ0v) is 19.9. The van der Waals surface area contributed by atoms with Gasteiger partial charge in [0.05, 0.1) is 6.04 Å². The van der Waals surface area contributed by atoms with Gasteiger partial charge in [0.25, 0.3) is 0 Å². The topological polar surface area (TPSA) is 40.6 Å². The van der Waals surface area contributed by atoms with Crippen LogP contribution in [0.2, 0.25) is 0 Å². The van der Waals surface area contributed by atoms with E-state index in [0.717, 1.165) is 23.1 Å². The summed E-state index contributed by atoms with van der Waals surface area (Å²) in [5.74, 6) is -0.359. The SMILES string of the molecule is CC(C)N(Cc1ccccc1)C(=O)CCC(=O)N1CCc2sccc2C1c1ccc(F)cc1. The van der Waals surface area contributed by atoms with Gasteiger partial charge in [0.2, 0.25) is 11.8 Å². The van der Waals surface area contributed by atoms with Crippen LogP contribution in [0.15, 0.2) is 66.0 Å². The van der Waals surface area contributed by atoms with Gasteiger partial charge in [-0.15, -0.1) is 11.3 Å². The van der Waals surface area contributed by atoms with Crippen molar-refractivity contribution in [1.29, 1.82) is 0 Å². The second-order valence-electron chi connectivity index (χ2n) is 8.69. The minimum absolute atomic E-state index is 0.0197. The first-order chi connectivity index (χ1) is 15.9. The van der Waals surface area contributed by atoms with E-state index in [2.05, 4.69) is 6.07 Å². The largest absolute Gasteiger partial charge is 0.336 e. The lowest BCUT2D eigenvalue weighted by Crippen LogP contribution is -2.41. The van der Waals surface area contributed by atoms with Crippen LogP contribution >= 0.6 is 11.3 Å². The highest BCUT2D eigenvalue weighted by atomic mass is 32.1. The molecule has 0 saturated heterocycles. The molecule has 33 heavy (non-hydrogen) atoms. The maximum Gasteiger partial charge on any atom is 0.223 e. The third-order valence-corrected chi connectivity index (χ3v) is 7.16. The summed E-state index contributed by atoms with van der Waals surface area (Å²) in [6, 6.07) is 18.1. The molecule has 0 spiro atoms. The lowest BCUT2D eigenvalue weighted by Gasteiger charge is -2.36. The fraction of sp³-hybridized carbons (Fsp3) is 0.333. The van der Waals surface area contributed by atoms with Gasteiger partial charge in [-0.05, 0) is 60.5 Å². The Labute approximate surface area is 198 Å². The van der Waals surface area contributed by atoms with Gasteiger partial charge < -0.3 is 9.80 Å². The van der Waals surface area contributed by atoms with E-state index in [1.54, 1.807) is 23.5 Å². The molecule has 1 unspecified atom stereocenters. The van der Waals surface area contributed by atoms with Gasteiger partial charge in [0.1, 0.15) is 5.82 Å². The normalized spacial score (nSPS) is 15.4. The van der Waals surface area contributed by atoms with Gasteiger partial charge in [-0.3, -0.25) is 9.59 Å². The fourth-order valence-electron chi connectivity index (χ4n) is 4.43. The van der Waals surface area contributed by atoms with E-state index < -0.39 is 0 Å². The molecule has 0 N–H and O–H groups in total. The molecule has 6 heteroatoms. The summed E-state index contributed by atoms with van der Waals surface area (Å²) < 4.78 is 13.5. The maximum atomic E-state index is 13.5. The third-order valence-electron chi connectivity index (χ3n) is 6.16. The Morgan fingerprint density at radius 2 is 1.79 bits per heavy atom. The van der Waals surface area contributed by atoms with Crippen molar-refractivity contribution in [3.63, 3.8) is 0 Å². The number of carbonyl (C=O) groups excluding carboxylic acids is 2. The van der Waals surface area contributed by atoms with Crippen LogP contribution in [0.4, 0.5) is 4.39 Å². The van der Waals surface area contributed by atoms with E-state index in [1.807, 2.05) is 59.4 Å². The van der Waals surface area contributed by atoms with Gasteiger partial charge in [-0.25, -0.2) is 4.39 Å². The molecule has 172 valence electrons. The summed E-state index contributed by atoms with van der Waals surface area (Å²) in [7, 11) is 0. The number of carbonyl (C=O) groups is 2. The lowest BCUT2D eigenvalue weighted by molar-refractivity contribution is -0.139. The summed E-state index contributed by atoms with van der Waals surface area (Å²) in [5, 5.41) is 2.04. The van der Waals surface area contributed by atoms with Gasteiger partial charge in [0, 0.05) is 36.9 Å². The summed E-state index contributed by atoms with van der Waals surface area (Å²) in [5.41, 5.74) is 3.07. The Hall–Kier alpha value is -2.99. The molecule has 3 aromatic rings. The molecule has 2 amide bonds.